The minimum Gasteiger partial charge on any atom is -0.396 e. The van der Waals surface area contributed by atoms with Crippen molar-refractivity contribution in [3.63, 3.8) is 0 Å². The van der Waals surface area contributed by atoms with Crippen LogP contribution >= 0.6 is 0 Å². The third-order valence-corrected chi connectivity index (χ3v) is 3.11. The number of nitrogens with zero attached hydrogens (tertiary/aromatic N) is 2. The Morgan fingerprint density at radius 3 is 2.88 bits per heavy atom. The molecule has 1 fully saturated rings. The highest BCUT2D eigenvalue weighted by Gasteiger charge is 2.30. The number of nitriles is 1. The molecule has 0 aliphatic carbocycles. The van der Waals surface area contributed by atoms with Gasteiger partial charge in [0.05, 0.1) is 11.6 Å². The van der Waals surface area contributed by atoms with Gasteiger partial charge in [-0.1, -0.05) is 0 Å². The van der Waals surface area contributed by atoms with Crippen LogP contribution in [0.3, 0.4) is 0 Å². The molecule has 1 saturated heterocycles. The van der Waals surface area contributed by atoms with Crippen LogP contribution in [0.2, 0.25) is 0 Å². The number of hydrogen-bond donors (Lipinski definition) is 1. The molecular formula is C13H14N2O2. The van der Waals surface area contributed by atoms with Crippen molar-refractivity contribution in [2.24, 2.45) is 5.92 Å². The Kier molecular flexibility index (Phi) is 3.12. The molecule has 88 valence electrons. The van der Waals surface area contributed by atoms with Crippen molar-refractivity contribution in [1.82, 2.24) is 0 Å². The molecule has 4 nitrogen and oxygen atoms in total. The standard InChI is InChI=1S/C13H14N2O2/c1-9-4-12(3-2-11(9)6-14)15-7-10(8-16)5-13(15)17/h2-4,10,16H,5,7-8H2,1H3. The number of hydrogen-bond acceptors (Lipinski definition) is 3. The molecule has 0 saturated carbocycles. The van der Waals surface area contributed by atoms with Crippen LogP contribution in [0.4, 0.5) is 5.69 Å². The number of carbonyl (C=O) groups is 1. The van der Waals surface area contributed by atoms with Gasteiger partial charge in [-0.15, -0.1) is 0 Å². The Morgan fingerprint density at radius 2 is 2.35 bits per heavy atom. The van der Waals surface area contributed by atoms with Crippen molar-refractivity contribution in [1.29, 1.82) is 5.26 Å². The van der Waals surface area contributed by atoms with Crippen LogP contribution in [0.5, 0.6) is 0 Å². The first-order valence-corrected chi connectivity index (χ1v) is 5.57. The maximum Gasteiger partial charge on any atom is 0.227 e. The molecule has 0 bridgehead atoms. The van der Waals surface area contributed by atoms with Gasteiger partial charge >= 0.3 is 0 Å². The van der Waals surface area contributed by atoms with Gasteiger partial charge < -0.3 is 10.0 Å². The number of rotatable bonds is 2. The summed E-state index contributed by atoms with van der Waals surface area (Å²) in [7, 11) is 0. The van der Waals surface area contributed by atoms with E-state index in [1.807, 2.05) is 13.0 Å². The van der Waals surface area contributed by atoms with Gasteiger partial charge in [-0.05, 0) is 30.7 Å². The normalized spacial score (nSPS) is 19.5. The van der Waals surface area contributed by atoms with Crippen LogP contribution < -0.4 is 4.90 Å². The highest BCUT2D eigenvalue weighted by atomic mass is 16.3. The highest BCUT2D eigenvalue weighted by molar-refractivity contribution is 5.95. The van der Waals surface area contributed by atoms with Crippen molar-refractivity contribution in [2.75, 3.05) is 18.1 Å². The van der Waals surface area contributed by atoms with Gasteiger partial charge in [-0.25, -0.2) is 0 Å². The minimum atomic E-state index is 0.0263. The van der Waals surface area contributed by atoms with Crippen molar-refractivity contribution in [2.45, 2.75) is 13.3 Å². The zero-order chi connectivity index (χ0) is 12.4. The molecule has 0 aromatic heterocycles. The van der Waals surface area contributed by atoms with E-state index < -0.39 is 0 Å². The predicted octanol–water partition coefficient (Wildman–Crippen LogP) is 1.21. The lowest BCUT2D eigenvalue weighted by Crippen LogP contribution is -2.24. The largest absolute Gasteiger partial charge is 0.396 e. The van der Waals surface area contributed by atoms with Gasteiger partial charge in [0.2, 0.25) is 5.91 Å². The van der Waals surface area contributed by atoms with Crippen LogP contribution in [-0.2, 0) is 4.79 Å². The first-order chi connectivity index (χ1) is 8.15. The third kappa shape index (κ3) is 2.15. The molecule has 1 aromatic carbocycles. The summed E-state index contributed by atoms with van der Waals surface area (Å²) in [5.74, 6) is 0.0617. The summed E-state index contributed by atoms with van der Waals surface area (Å²) in [4.78, 5) is 13.4. The van der Waals surface area contributed by atoms with Crippen molar-refractivity contribution < 1.29 is 9.90 Å². The number of aliphatic hydroxyl groups excluding tert-OH is 1. The molecule has 1 aliphatic heterocycles. The molecule has 4 heteroatoms. The number of benzene rings is 1. The van der Waals surface area contributed by atoms with Gasteiger partial charge in [-0.3, -0.25) is 4.79 Å². The van der Waals surface area contributed by atoms with Gasteiger partial charge in [0.1, 0.15) is 0 Å². The monoisotopic (exact) mass is 230 g/mol. The fraction of sp³-hybridized carbons (Fsp3) is 0.385. The van der Waals surface area contributed by atoms with Crippen LogP contribution in [0.25, 0.3) is 0 Å². The molecule has 0 spiro atoms. The van der Waals surface area contributed by atoms with E-state index in [2.05, 4.69) is 6.07 Å². The summed E-state index contributed by atoms with van der Waals surface area (Å²) in [5.41, 5.74) is 2.30. The second-order valence-corrected chi connectivity index (χ2v) is 4.37. The van der Waals surface area contributed by atoms with Gasteiger partial charge in [0, 0.05) is 31.2 Å². The molecule has 1 unspecified atom stereocenters. The van der Waals surface area contributed by atoms with E-state index >= 15 is 0 Å². The Hall–Kier alpha value is -1.86. The SMILES string of the molecule is Cc1cc(N2CC(CO)CC2=O)ccc1C#N. The lowest BCUT2D eigenvalue weighted by atomic mass is 10.1. The number of amides is 1. The first-order valence-electron chi connectivity index (χ1n) is 5.57. The molecule has 0 radical (unpaired) electrons. The smallest absolute Gasteiger partial charge is 0.227 e. The molecule has 17 heavy (non-hydrogen) atoms. The zero-order valence-corrected chi connectivity index (χ0v) is 9.68. The quantitative estimate of drug-likeness (QED) is 0.830. The highest BCUT2D eigenvalue weighted by Crippen LogP contribution is 2.26. The van der Waals surface area contributed by atoms with Gasteiger partial charge in [0.15, 0.2) is 0 Å². The van der Waals surface area contributed by atoms with Crippen molar-refractivity contribution in [3.8, 4) is 6.07 Å². The summed E-state index contributed by atoms with van der Waals surface area (Å²) in [5, 5.41) is 17.9. The molecule has 1 heterocycles. The fourth-order valence-corrected chi connectivity index (χ4v) is 2.09. The average molecular weight is 230 g/mol. The molecule has 1 aromatic rings. The van der Waals surface area contributed by atoms with Crippen LogP contribution in [0.15, 0.2) is 18.2 Å². The second kappa shape index (κ2) is 4.56. The van der Waals surface area contributed by atoms with E-state index in [1.54, 1.807) is 17.0 Å². The summed E-state index contributed by atoms with van der Waals surface area (Å²) in [6, 6.07) is 7.45. The molecule has 1 amide bonds. The van der Waals surface area contributed by atoms with E-state index in [1.165, 1.54) is 0 Å². The van der Waals surface area contributed by atoms with E-state index in [-0.39, 0.29) is 18.4 Å². The lowest BCUT2D eigenvalue weighted by Gasteiger charge is -2.17. The van der Waals surface area contributed by atoms with E-state index in [0.29, 0.717) is 18.5 Å². The number of carbonyl (C=O) groups excluding carboxylic acids is 1. The van der Waals surface area contributed by atoms with Crippen molar-refractivity contribution in [3.05, 3.63) is 29.3 Å². The third-order valence-electron chi connectivity index (χ3n) is 3.11. The second-order valence-electron chi connectivity index (χ2n) is 4.37. The van der Waals surface area contributed by atoms with E-state index in [0.717, 1.165) is 11.3 Å². The molecular weight excluding hydrogens is 216 g/mol. The molecule has 1 atom stereocenters. The van der Waals surface area contributed by atoms with Gasteiger partial charge in [0.25, 0.3) is 0 Å². The molecule has 2 rings (SSSR count). The lowest BCUT2D eigenvalue weighted by molar-refractivity contribution is -0.117. The number of aliphatic hydroxyl groups is 1. The average Bonchev–Trinajstić information content (AvgIpc) is 2.70. The Bertz CT molecular complexity index is 491. The molecule has 1 N–H and O–H groups in total. The molecule has 1 aliphatic rings. The van der Waals surface area contributed by atoms with Crippen molar-refractivity contribution >= 4 is 11.6 Å². The summed E-state index contributed by atoms with van der Waals surface area (Å²) in [6.07, 6.45) is 0.398. The predicted molar refractivity (Wildman–Crippen MR) is 63.4 cm³/mol. The maximum atomic E-state index is 11.8. The topological polar surface area (TPSA) is 64.3 Å². The number of anilines is 1. The van der Waals surface area contributed by atoms with E-state index in [4.69, 9.17) is 10.4 Å². The zero-order valence-electron chi connectivity index (χ0n) is 9.68. The fourth-order valence-electron chi connectivity index (χ4n) is 2.09. The summed E-state index contributed by atoms with van der Waals surface area (Å²) < 4.78 is 0. The van der Waals surface area contributed by atoms with Gasteiger partial charge in [-0.2, -0.15) is 5.26 Å². The number of aryl methyl sites for hydroxylation is 1. The first kappa shape index (κ1) is 11.6. The maximum absolute atomic E-state index is 11.8. The Labute approximate surface area is 100 Å². The summed E-state index contributed by atoms with van der Waals surface area (Å²) in [6.45, 7) is 2.45. The Morgan fingerprint density at radius 1 is 1.59 bits per heavy atom. The minimum absolute atomic E-state index is 0.0263. The summed E-state index contributed by atoms with van der Waals surface area (Å²) >= 11 is 0. The van der Waals surface area contributed by atoms with E-state index in [9.17, 15) is 4.79 Å². The van der Waals surface area contributed by atoms with Crippen LogP contribution in [0.1, 0.15) is 17.5 Å². The Balaban J connectivity index is 2.27. The van der Waals surface area contributed by atoms with Crippen LogP contribution in [0, 0.1) is 24.2 Å². The van der Waals surface area contributed by atoms with Crippen LogP contribution in [-0.4, -0.2) is 24.2 Å².